The third kappa shape index (κ3) is 6.77. The number of rotatable bonds is 10. The van der Waals surface area contributed by atoms with Crippen molar-refractivity contribution in [2.24, 2.45) is 28.6 Å². The maximum Gasteiger partial charge on any atom is 0.333 e. The average molecular weight is 733 g/mol. The lowest BCUT2D eigenvalue weighted by atomic mass is 9.45. The van der Waals surface area contributed by atoms with E-state index in [2.05, 4.69) is 13.0 Å². The van der Waals surface area contributed by atoms with E-state index in [1.54, 1.807) is 41.3 Å². The van der Waals surface area contributed by atoms with Crippen LogP contribution in [0.2, 0.25) is 0 Å². The number of hydrogen-bond donors (Lipinski definition) is 1. The fraction of sp³-hybridized carbons (Fsp3) is 0.854. The van der Waals surface area contributed by atoms with Crippen LogP contribution >= 0.6 is 0 Å². The van der Waals surface area contributed by atoms with Crippen LogP contribution < -0.4 is 0 Å². The number of hydrogen-bond acceptors (Lipinski definition) is 11. The van der Waals surface area contributed by atoms with Crippen molar-refractivity contribution in [3.8, 4) is 0 Å². The number of Topliss-reactive ketones (excluding diaryl/α,β-unsaturated/α-hetero) is 1. The maximum atomic E-state index is 13.2. The van der Waals surface area contributed by atoms with Crippen molar-refractivity contribution in [3.05, 3.63) is 23.3 Å². The molecule has 2 aliphatic heterocycles. The summed E-state index contributed by atoms with van der Waals surface area (Å²) in [5.74, 6) is -0.595. The van der Waals surface area contributed by atoms with Gasteiger partial charge in [0.1, 0.15) is 24.1 Å². The van der Waals surface area contributed by atoms with E-state index in [0.717, 1.165) is 25.7 Å². The number of ketones is 1. The summed E-state index contributed by atoms with van der Waals surface area (Å²) in [5, 5.41) is 12.7. The molecule has 0 bridgehead atoms. The molecule has 0 radical (unpaired) electrons. The Morgan fingerprint density at radius 3 is 2.12 bits per heavy atom. The fourth-order valence-electron chi connectivity index (χ4n) is 11.4. The predicted octanol–water partition coefficient (Wildman–Crippen LogP) is 5.84. The third-order valence-electron chi connectivity index (χ3n) is 14.6. The molecule has 2 heterocycles. The molecule has 0 spiro atoms. The lowest BCUT2D eigenvalue weighted by Gasteiger charge is -2.63. The van der Waals surface area contributed by atoms with E-state index in [4.69, 9.17) is 37.9 Å². The Morgan fingerprint density at radius 2 is 1.50 bits per heavy atom. The highest BCUT2D eigenvalue weighted by molar-refractivity contribution is 5.88. The van der Waals surface area contributed by atoms with E-state index in [-0.39, 0.29) is 77.6 Å². The molecule has 0 amide bonds. The molecule has 0 aromatic heterocycles. The monoisotopic (exact) mass is 732 g/mol. The summed E-state index contributed by atoms with van der Waals surface area (Å²) in [5.41, 5.74) is -0.284. The molecule has 5 fully saturated rings. The fourth-order valence-corrected chi connectivity index (χ4v) is 11.4. The first-order valence-corrected chi connectivity index (χ1v) is 19.6. The van der Waals surface area contributed by atoms with Crippen LogP contribution in [-0.2, 0) is 47.5 Å². The topological polar surface area (TPSA) is 128 Å². The van der Waals surface area contributed by atoms with Gasteiger partial charge < -0.3 is 43.0 Å². The number of ether oxygens (including phenoxy) is 8. The first-order chi connectivity index (χ1) is 24.6. The highest BCUT2D eigenvalue weighted by Crippen LogP contribution is 2.68. The van der Waals surface area contributed by atoms with Crippen LogP contribution in [0.1, 0.15) is 106 Å². The number of carbonyl (C=O) groups excluding carboxylic acids is 2. The van der Waals surface area contributed by atoms with Gasteiger partial charge in [0.25, 0.3) is 0 Å². The highest BCUT2D eigenvalue weighted by Gasteiger charge is 2.71. The second kappa shape index (κ2) is 15.4. The number of fused-ring (bicyclic) bond motifs is 5. The van der Waals surface area contributed by atoms with Gasteiger partial charge in [0.05, 0.1) is 36.1 Å². The molecule has 2 saturated heterocycles. The van der Waals surface area contributed by atoms with Crippen molar-refractivity contribution in [3.63, 3.8) is 0 Å². The van der Waals surface area contributed by atoms with E-state index < -0.39 is 29.7 Å². The Kier molecular flexibility index (Phi) is 11.9. The highest BCUT2D eigenvalue weighted by atomic mass is 16.7. The molecule has 52 heavy (non-hydrogen) atoms. The van der Waals surface area contributed by atoms with Gasteiger partial charge in [-0.2, -0.15) is 0 Å². The molecule has 6 rings (SSSR count). The van der Waals surface area contributed by atoms with Crippen LogP contribution in [0.3, 0.4) is 0 Å². The zero-order valence-corrected chi connectivity index (χ0v) is 33.1. The van der Waals surface area contributed by atoms with Crippen LogP contribution in [0.25, 0.3) is 0 Å². The van der Waals surface area contributed by atoms with Gasteiger partial charge in [0.15, 0.2) is 12.6 Å². The van der Waals surface area contributed by atoms with Crippen molar-refractivity contribution >= 4 is 11.8 Å². The molecule has 11 heteroatoms. The van der Waals surface area contributed by atoms with Gasteiger partial charge in [0.2, 0.25) is 0 Å². The molecular weight excluding hydrogens is 668 g/mol. The lowest BCUT2D eigenvalue weighted by Crippen LogP contribution is -2.66. The number of carbonyl (C=O) groups is 2. The number of methoxy groups -OCH3 is 3. The standard InChI is InChI=1S/C41H64O11/c1-11-22(2)38(43)51-33-19-30-29(41(44)17-15-28(23(3)42)40(33,41)7)13-12-26-18-27(14-16-39(26,30)6)50-34-21-32(46-9)37(25(5)49-34)52-35-20-31(45-8)36(47-10)24(4)48-35/h11-12,24-25,27-37,44H,13-21H2,1-10H3/b22-11+/t24?,25?,27-,28?,29?,30?,31?,32?,33+,34?,35?,36?,37?,39?,40-,41-/m0/s1. The van der Waals surface area contributed by atoms with Gasteiger partial charge in [-0.1, -0.05) is 31.6 Å². The predicted molar refractivity (Wildman–Crippen MR) is 192 cm³/mol. The summed E-state index contributed by atoms with van der Waals surface area (Å²) in [6.07, 6.45) is 7.25. The summed E-state index contributed by atoms with van der Waals surface area (Å²) in [7, 11) is 5.05. The summed E-state index contributed by atoms with van der Waals surface area (Å²) < 4.78 is 49.4. The molecule has 294 valence electrons. The summed E-state index contributed by atoms with van der Waals surface area (Å²) >= 11 is 0. The van der Waals surface area contributed by atoms with E-state index in [1.165, 1.54) is 5.57 Å². The zero-order chi connectivity index (χ0) is 37.7. The van der Waals surface area contributed by atoms with Gasteiger partial charge in [0, 0.05) is 51.1 Å². The molecule has 6 aliphatic rings. The van der Waals surface area contributed by atoms with E-state index in [0.29, 0.717) is 37.7 Å². The molecular formula is C41H64O11. The first-order valence-electron chi connectivity index (χ1n) is 19.6. The van der Waals surface area contributed by atoms with Gasteiger partial charge in [-0.3, -0.25) is 4.79 Å². The summed E-state index contributed by atoms with van der Waals surface area (Å²) in [4.78, 5) is 26.2. The molecule has 0 aromatic rings. The maximum absolute atomic E-state index is 13.2. The molecule has 12 unspecified atom stereocenters. The minimum Gasteiger partial charge on any atom is -0.458 e. The Balaban J connectivity index is 1.14. The Labute approximate surface area is 310 Å². The zero-order valence-electron chi connectivity index (χ0n) is 33.1. The van der Waals surface area contributed by atoms with Crippen molar-refractivity contribution < 1.29 is 52.6 Å². The largest absolute Gasteiger partial charge is 0.458 e. The Hall–Kier alpha value is -1.70. The van der Waals surface area contributed by atoms with Crippen LogP contribution in [0.4, 0.5) is 0 Å². The minimum atomic E-state index is -1.12. The first kappa shape index (κ1) is 40.0. The second-order valence-electron chi connectivity index (χ2n) is 17.0. The van der Waals surface area contributed by atoms with Gasteiger partial charge in [-0.05, 0) is 96.8 Å². The van der Waals surface area contributed by atoms with Crippen LogP contribution in [0.5, 0.6) is 0 Å². The lowest BCUT2D eigenvalue weighted by molar-refractivity contribution is -0.321. The average Bonchev–Trinajstić information content (AvgIpc) is 3.40. The smallest absolute Gasteiger partial charge is 0.333 e. The van der Waals surface area contributed by atoms with Crippen LogP contribution in [-0.4, -0.2) is 105 Å². The van der Waals surface area contributed by atoms with Gasteiger partial charge in [-0.15, -0.1) is 0 Å². The second-order valence-corrected chi connectivity index (χ2v) is 17.0. The SMILES string of the molecule is C/C=C(\C)C(=O)O[C@@H]1CC2C(CC=C3C[C@@H](OC4CC(OC)C(OC5CC(OC)C(OC)C(C)O5)C(C)O4)CCC32C)[C@@]2(O)CCC(C(C)=O)[C@@]12C. The van der Waals surface area contributed by atoms with Crippen LogP contribution in [0.15, 0.2) is 23.3 Å². The van der Waals surface area contributed by atoms with Gasteiger partial charge >= 0.3 is 5.97 Å². The Morgan fingerprint density at radius 1 is 0.865 bits per heavy atom. The Bertz CT molecular complexity index is 1380. The number of esters is 1. The molecule has 11 nitrogen and oxygen atoms in total. The quantitative estimate of drug-likeness (QED) is 0.165. The molecule has 0 aromatic carbocycles. The van der Waals surface area contributed by atoms with Crippen LogP contribution in [0, 0.1) is 28.6 Å². The van der Waals surface area contributed by atoms with Crippen molar-refractivity contribution in [2.45, 2.75) is 173 Å². The van der Waals surface area contributed by atoms with E-state index in [1.807, 2.05) is 27.7 Å². The number of aliphatic hydroxyl groups is 1. The van der Waals surface area contributed by atoms with Gasteiger partial charge in [-0.25, -0.2) is 4.79 Å². The summed E-state index contributed by atoms with van der Waals surface area (Å²) in [6.45, 7) is 13.5. The molecule has 4 aliphatic carbocycles. The normalized spacial score (nSPS) is 47.9. The molecule has 1 N–H and O–H groups in total. The minimum absolute atomic E-state index is 0.0246. The number of allylic oxidation sites excluding steroid dienone is 2. The van der Waals surface area contributed by atoms with Crippen molar-refractivity contribution in [2.75, 3.05) is 21.3 Å². The van der Waals surface area contributed by atoms with E-state index in [9.17, 15) is 14.7 Å². The van der Waals surface area contributed by atoms with E-state index >= 15 is 0 Å². The third-order valence-corrected chi connectivity index (χ3v) is 14.6. The van der Waals surface area contributed by atoms with Crippen molar-refractivity contribution in [1.82, 2.24) is 0 Å². The molecule has 3 saturated carbocycles. The summed E-state index contributed by atoms with van der Waals surface area (Å²) in [6, 6.07) is 0. The molecule has 16 atom stereocenters. The van der Waals surface area contributed by atoms with Crippen molar-refractivity contribution in [1.29, 1.82) is 0 Å².